The largest absolute Gasteiger partial charge is 0.481 e. The quantitative estimate of drug-likeness (QED) is 0.0106. The summed E-state index contributed by atoms with van der Waals surface area (Å²) in [6.07, 6.45) is 40.6. The summed E-state index contributed by atoms with van der Waals surface area (Å²) in [5, 5.41) is 41.0. The standard InChI is InChI=1S/C54H81N3O17P2/c1-3-5-7-8-9-10-11-12-13-14-15-16-17-18-22-25-31-38-50(61)72-46(41-69-49(60)37-32-26-30-36-45(59)35-29-24-21-19-20-23-28-34-44(58)33-27-6-4-2)42-70-75(65,66)74-76(67,68)71-43-47-51(62)52(63)53(73-47)57-40-39-48(55)56-54(57)64/h5-7,9-10,12-13,15-16,20-21,23-24,27-30,34-36,39-40,44-47,51-53,58-59,62-63H,3-4,8,11,14,17-19,22,25-26,31-33,37-38,41-43H2,1-2H3,(H,65,66)(H,67,68)(H2,55,56,64)/b7-5-,10-9-,13-12-,16-15-,23-20-,24-21-,27-6-,34-28+,35-29+,36-30-/t44-,45-,46-,47-,51-,52-,53-/m1/s1. The minimum absolute atomic E-state index is 0.0292. The summed E-state index contributed by atoms with van der Waals surface area (Å²) in [6.45, 7) is 1.62. The second-order valence-electron chi connectivity index (χ2n) is 17.3. The molecule has 0 amide bonds. The van der Waals surface area contributed by atoms with E-state index >= 15 is 0 Å². The molecule has 8 N–H and O–H groups in total. The summed E-state index contributed by atoms with van der Waals surface area (Å²) in [5.41, 5.74) is 4.56. The van der Waals surface area contributed by atoms with E-state index in [1.165, 1.54) is 6.07 Å². The minimum Gasteiger partial charge on any atom is -0.462 e. The van der Waals surface area contributed by atoms with Gasteiger partial charge in [0.25, 0.3) is 0 Å². The van der Waals surface area contributed by atoms with Crippen LogP contribution in [-0.2, 0) is 46.3 Å². The zero-order chi connectivity index (χ0) is 55.9. The number of nitrogen functional groups attached to an aromatic ring is 1. The highest BCUT2D eigenvalue weighted by Crippen LogP contribution is 2.60. The van der Waals surface area contributed by atoms with Crippen LogP contribution in [-0.4, -0.2) is 108 Å². The molecule has 424 valence electrons. The van der Waals surface area contributed by atoms with Crippen LogP contribution in [0, 0.1) is 0 Å². The van der Waals surface area contributed by atoms with Crippen molar-refractivity contribution in [3.05, 3.63) is 144 Å². The number of hydrogen-bond donors (Lipinski definition) is 7. The van der Waals surface area contributed by atoms with Crippen molar-refractivity contribution in [1.82, 2.24) is 9.55 Å². The zero-order valence-corrected chi connectivity index (χ0v) is 45.5. The Labute approximate surface area is 447 Å². The van der Waals surface area contributed by atoms with Crippen LogP contribution in [0.4, 0.5) is 5.82 Å². The summed E-state index contributed by atoms with van der Waals surface area (Å²) < 4.78 is 56.6. The van der Waals surface area contributed by atoms with Crippen LogP contribution < -0.4 is 11.4 Å². The van der Waals surface area contributed by atoms with Crippen LogP contribution in [0.15, 0.2) is 139 Å². The molecule has 2 rings (SSSR count). The lowest BCUT2D eigenvalue weighted by Gasteiger charge is -2.21. The maximum Gasteiger partial charge on any atom is 0.481 e. The van der Waals surface area contributed by atoms with Crippen molar-refractivity contribution in [2.24, 2.45) is 0 Å². The number of aliphatic hydroxyl groups excluding tert-OH is 4. The number of unbranched alkanes of at least 4 members (excludes halogenated alkanes) is 5. The maximum atomic E-state index is 12.9. The molecular formula is C54H81N3O17P2. The third-order valence-corrected chi connectivity index (χ3v) is 13.3. The van der Waals surface area contributed by atoms with E-state index in [1.807, 2.05) is 37.3 Å². The summed E-state index contributed by atoms with van der Waals surface area (Å²) >= 11 is 0. The lowest BCUT2D eigenvalue weighted by molar-refractivity contribution is -0.161. The van der Waals surface area contributed by atoms with E-state index in [1.54, 1.807) is 42.5 Å². The molecular weight excluding hydrogens is 1020 g/mol. The second-order valence-corrected chi connectivity index (χ2v) is 20.3. The number of ether oxygens (including phenoxy) is 3. The van der Waals surface area contributed by atoms with Crippen LogP contribution in [0.3, 0.4) is 0 Å². The first-order valence-corrected chi connectivity index (χ1v) is 28.8. The number of nitrogens with zero attached hydrogens (tertiary/aromatic N) is 2. The molecule has 1 saturated heterocycles. The van der Waals surface area contributed by atoms with Gasteiger partial charge in [0.05, 0.1) is 25.4 Å². The zero-order valence-electron chi connectivity index (χ0n) is 43.7. The van der Waals surface area contributed by atoms with Crippen LogP contribution in [0.25, 0.3) is 0 Å². The molecule has 1 aromatic rings. The van der Waals surface area contributed by atoms with E-state index in [4.69, 9.17) is 29.0 Å². The number of aliphatic hydroxyl groups is 4. The van der Waals surface area contributed by atoms with Gasteiger partial charge < -0.3 is 50.2 Å². The molecule has 1 aliphatic heterocycles. The number of carbonyl (C=O) groups excluding carboxylic acids is 2. The number of phosphoric ester groups is 2. The summed E-state index contributed by atoms with van der Waals surface area (Å²) in [7, 11) is -11.0. The van der Waals surface area contributed by atoms with Crippen molar-refractivity contribution in [1.29, 1.82) is 0 Å². The number of esters is 2. The minimum atomic E-state index is -5.48. The Morgan fingerprint density at radius 1 is 0.711 bits per heavy atom. The van der Waals surface area contributed by atoms with E-state index in [-0.39, 0.29) is 18.7 Å². The molecule has 2 heterocycles. The second kappa shape index (κ2) is 40.3. The molecule has 9 atom stereocenters. The monoisotopic (exact) mass is 1110 g/mol. The summed E-state index contributed by atoms with van der Waals surface area (Å²) in [5.74, 6) is -1.54. The average molecular weight is 1110 g/mol. The molecule has 0 saturated carbocycles. The average Bonchev–Trinajstić information content (AvgIpc) is 3.65. The number of nitrogens with two attached hydrogens (primary N) is 1. The number of hydrogen-bond acceptors (Lipinski definition) is 17. The fraction of sp³-hybridized carbons (Fsp3) is 0.519. The Morgan fingerprint density at radius 2 is 1.30 bits per heavy atom. The number of rotatable bonds is 40. The Bertz CT molecular complexity index is 2290. The van der Waals surface area contributed by atoms with Gasteiger partial charge in [0.15, 0.2) is 12.3 Å². The highest BCUT2D eigenvalue weighted by atomic mass is 31.3. The van der Waals surface area contributed by atoms with E-state index in [2.05, 4.69) is 64.8 Å². The lowest BCUT2D eigenvalue weighted by atomic mass is 10.1. The van der Waals surface area contributed by atoms with Crippen molar-refractivity contribution in [3.8, 4) is 0 Å². The van der Waals surface area contributed by atoms with Crippen molar-refractivity contribution in [2.45, 2.75) is 159 Å². The number of allylic oxidation sites excluding steroid dienone is 16. The highest BCUT2D eigenvalue weighted by Gasteiger charge is 2.46. The first kappa shape index (κ1) is 67.2. The third-order valence-electron chi connectivity index (χ3n) is 10.7. The molecule has 0 radical (unpaired) electrons. The van der Waals surface area contributed by atoms with Crippen LogP contribution in [0.2, 0.25) is 0 Å². The fourth-order valence-electron chi connectivity index (χ4n) is 6.75. The molecule has 2 unspecified atom stereocenters. The van der Waals surface area contributed by atoms with Gasteiger partial charge in [-0.2, -0.15) is 9.29 Å². The predicted molar refractivity (Wildman–Crippen MR) is 291 cm³/mol. The third kappa shape index (κ3) is 32.6. The Balaban J connectivity index is 1.88. The smallest absolute Gasteiger partial charge is 0.462 e. The maximum absolute atomic E-state index is 12.9. The van der Waals surface area contributed by atoms with Gasteiger partial charge in [-0.25, -0.2) is 13.9 Å². The normalized spacial score (nSPS) is 20.5. The van der Waals surface area contributed by atoms with Gasteiger partial charge in [0.1, 0.15) is 30.7 Å². The predicted octanol–water partition coefficient (Wildman–Crippen LogP) is 8.72. The molecule has 1 fully saturated rings. The lowest BCUT2D eigenvalue weighted by Crippen LogP contribution is -2.36. The van der Waals surface area contributed by atoms with Gasteiger partial charge in [0.2, 0.25) is 0 Å². The van der Waals surface area contributed by atoms with Crippen LogP contribution in [0.5, 0.6) is 0 Å². The van der Waals surface area contributed by atoms with Crippen molar-refractivity contribution in [2.75, 3.05) is 25.6 Å². The molecule has 0 bridgehead atoms. The fourth-order valence-corrected chi connectivity index (χ4v) is 8.86. The van der Waals surface area contributed by atoms with Gasteiger partial charge >= 0.3 is 33.3 Å². The molecule has 0 aliphatic carbocycles. The van der Waals surface area contributed by atoms with Gasteiger partial charge in [0, 0.05) is 19.0 Å². The van der Waals surface area contributed by atoms with E-state index in [0.717, 1.165) is 62.1 Å². The molecule has 20 nitrogen and oxygen atoms in total. The van der Waals surface area contributed by atoms with Gasteiger partial charge in [-0.15, -0.1) is 0 Å². The Hall–Kier alpha value is -4.92. The van der Waals surface area contributed by atoms with Gasteiger partial charge in [-0.3, -0.25) is 23.2 Å². The topological polar surface area (TPSA) is 306 Å². The molecule has 0 spiro atoms. The number of aromatic nitrogens is 2. The molecule has 1 aromatic heterocycles. The van der Waals surface area contributed by atoms with Crippen molar-refractivity contribution in [3.63, 3.8) is 0 Å². The summed E-state index contributed by atoms with van der Waals surface area (Å²) in [6, 6.07) is 1.23. The highest BCUT2D eigenvalue weighted by molar-refractivity contribution is 7.61. The van der Waals surface area contributed by atoms with Crippen molar-refractivity contribution < 1.29 is 76.5 Å². The van der Waals surface area contributed by atoms with Crippen LogP contribution in [0.1, 0.15) is 123 Å². The molecule has 1 aliphatic rings. The first-order chi connectivity index (χ1) is 36.5. The van der Waals surface area contributed by atoms with Gasteiger partial charge in [-0.1, -0.05) is 148 Å². The Kier molecular flexibility index (Phi) is 35.6. The molecule has 0 aromatic carbocycles. The van der Waals surface area contributed by atoms with E-state index in [9.17, 15) is 53.7 Å². The Morgan fingerprint density at radius 3 is 1.99 bits per heavy atom. The van der Waals surface area contributed by atoms with Crippen LogP contribution >= 0.6 is 15.6 Å². The first-order valence-electron chi connectivity index (χ1n) is 25.8. The molecule has 22 heteroatoms. The number of phosphoric acid groups is 2. The van der Waals surface area contributed by atoms with Gasteiger partial charge in [-0.05, 0) is 83.1 Å². The number of anilines is 1. The number of carbonyl (C=O) groups is 2. The summed E-state index contributed by atoms with van der Waals surface area (Å²) in [4.78, 5) is 62.0. The molecule has 76 heavy (non-hydrogen) atoms. The van der Waals surface area contributed by atoms with E-state index < -0.39 is 95.9 Å². The SMILES string of the molecule is CC/C=C\C/C=C\C/C=C\C/C=C\CCCCCCC(=O)O[C@H](COC(=O)CCC/C=C\[C@H](O)/C=C/C=C\C/C=C\C=C\[C@H](O)C/C=C\CC)COP(=O)(O)OP(=O)(O)OC[C@H]1O[C@@H](n2ccc(N)nc2=O)[C@H](O)[C@@H]1O. The van der Waals surface area contributed by atoms with Crippen molar-refractivity contribution >= 4 is 33.4 Å². The van der Waals surface area contributed by atoms with E-state index in [0.29, 0.717) is 38.5 Å².